The second-order valence-corrected chi connectivity index (χ2v) is 10.6. The summed E-state index contributed by atoms with van der Waals surface area (Å²) in [6, 6.07) is 8.15. The van der Waals surface area contributed by atoms with Gasteiger partial charge in [-0.2, -0.15) is 0 Å². The van der Waals surface area contributed by atoms with Crippen molar-refractivity contribution in [1.82, 2.24) is 15.2 Å². The van der Waals surface area contributed by atoms with Gasteiger partial charge in [0.05, 0.1) is 22.2 Å². The fourth-order valence-corrected chi connectivity index (χ4v) is 4.10. The first-order valence-electron chi connectivity index (χ1n) is 11.9. The van der Waals surface area contributed by atoms with E-state index < -0.39 is 0 Å². The van der Waals surface area contributed by atoms with Crippen molar-refractivity contribution in [2.45, 2.75) is 73.0 Å². The zero-order chi connectivity index (χ0) is 26.4. The number of β-amino-alcohol motifs (C(OH)–C–C–N with tert-alkyl or cyclic N) is 1. The van der Waals surface area contributed by atoms with Crippen molar-refractivity contribution in [3.05, 3.63) is 41.0 Å². The highest BCUT2D eigenvalue weighted by molar-refractivity contribution is 7.13. The highest BCUT2D eigenvalue weighted by Gasteiger charge is 2.27. The Morgan fingerprint density at radius 1 is 1.29 bits per heavy atom. The van der Waals surface area contributed by atoms with E-state index >= 15 is 0 Å². The molecule has 9 heteroatoms. The Labute approximate surface area is 212 Å². The largest absolute Gasteiger partial charge is 0.391 e. The number of nitrogens with zero attached hydrogens (tertiary/aromatic N) is 2. The van der Waals surface area contributed by atoms with Crippen LogP contribution in [0.15, 0.2) is 29.8 Å². The van der Waals surface area contributed by atoms with Gasteiger partial charge in [0.15, 0.2) is 0 Å². The number of benzene rings is 1. The van der Waals surface area contributed by atoms with Crippen LogP contribution in [0.25, 0.3) is 10.4 Å². The van der Waals surface area contributed by atoms with Crippen LogP contribution in [0.2, 0.25) is 0 Å². The second kappa shape index (κ2) is 15.3. The summed E-state index contributed by atoms with van der Waals surface area (Å²) >= 11 is 1.64. The van der Waals surface area contributed by atoms with Gasteiger partial charge in [0.1, 0.15) is 0 Å². The van der Waals surface area contributed by atoms with E-state index in [4.69, 9.17) is 5.73 Å². The number of aliphatic hydroxyl groups is 1. The number of aromatic nitrogens is 1. The third-order valence-corrected chi connectivity index (χ3v) is 6.02. The number of rotatable bonds is 7. The molecule has 1 aliphatic rings. The summed E-state index contributed by atoms with van der Waals surface area (Å²) in [5.74, 6) is -0.0402. The fourth-order valence-electron chi connectivity index (χ4n) is 3.29. The molecule has 35 heavy (non-hydrogen) atoms. The molecule has 194 valence electrons. The Balaban J connectivity index is 0.000000290. The molecule has 3 rings (SSSR count). The number of primary amides is 1. The van der Waals surface area contributed by atoms with Gasteiger partial charge >= 0.3 is 0 Å². The number of likely N-dealkylation sites (tertiary alicyclic amines) is 1. The quantitative estimate of drug-likeness (QED) is 0.496. The van der Waals surface area contributed by atoms with Crippen LogP contribution in [0.1, 0.15) is 64.6 Å². The molecule has 0 saturated carbocycles. The zero-order valence-corrected chi connectivity index (χ0v) is 22.4. The van der Waals surface area contributed by atoms with E-state index in [9.17, 15) is 19.5 Å². The normalized spacial score (nSPS) is 14.8. The second-order valence-electron chi connectivity index (χ2n) is 9.70. The third-order valence-electron chi connectivity index (χ3n) is 5.05. The van der Waals surface area contributed by atoms with Gasteiger partial charge < -0.3 is 21.1 Å². The molecule has 8 nitrogen and oxygen atoms in total. The van der Waals surface area contributed by atoms with Crippen molar-refractivity contribution >= 4 is 29.6 Å². The smallest absolute Gasteiger partial charge is 0.223 e. The molecule has 0 bridgehead atoms. The number of amides is 3. The lowest BCUT2D eigenvalue weighted by atomic mass is 9.92. The van der Waals surface area contributed by atoms with Gasteiger partial charge in [-0.3, -0.25) is 14.4 Å². The molecule has 1 unspecified atom stereocenters. The maximum Gasteiger partial charge on any atom is 0.223 e. The highest BCUT2D eigenvalue weighted by Crippen LogP contribution is 2.27. The van der Waals surface area contributed by atoms with Gasteiger partial charge in [0.25, 0.3) is 0 Å². The minimum Gasteiger partial charge on any atom is -0.391 e. The first-order chi connectivity index (χ1) is 16.5. The third kappa shape index (κ3) is 12.5. The first-order valence-corrected chi connectivity index (χ1v) is 12.7. The molecule has 1 aromatic heterocycles. The summed E-state index contributed by atoms with van der Waals surface area (Å²) in [5.41, 5.74) is 9.99. The average Bonchev–Trinajstić information content (AvgIpc) is 3.40. The van der Waals surface area contributed by atoms with Crippen molar-refractivity contribution in [1.29, 1.82) is 0 Å². The molecular weight excluding hydrogens is 464 g/mol. The minimum absolute atomic E-state index is 0.0463. The van der Waals surface area contributed by atoms with Crippen molar-refractivity contribution in [3.8, 4) is 10.4 Å². The van der Waals surface area contributed by atoms with E-state index in [0.717, 1.165) is 30.6 Å². The van der Waals surface area contributed by atoms with Crippen molar-refractivity contribution in [3.63, 3.8) is 0 Å². The minimum atomic E-state index is -0.302. The zero-order valence-electron chi connectivity index (χ0n) is 21.5. The molecular formula is C26H40N4O4S. The lowest BCUT2D eigenvalue weighted by Gasteiger charge is -2.22. The summed E-state index contributed by atoms with van der Waals surface area (Å²) in [6.45, 7) is 11.9. The summed E-state index contributed by atoms with van der Waals surface area (Å²) in [5, 5.41) is 11.9. The lowest BCUT2D eigenvalue weighted by molar-refractivity contribution is -0.132. The van der Waals surface area contributed by atoms with Crippen LogP contribution >= 0.6 is 11.3 Å². The monoisotopic (exact) mass is 504 g/mol. The van der Waals surface area contributed by atoms with Crippen LogP contribution in [-0.4, -0.2) is 52.4 Å². The maximum atomic E-state index is 11.6. The van der Waals surface area contributed by atoms with Gasteiger partial charge in [-0.1, -0.05) is 52.0 Å². The Kier molecular flexibility index (Phi) is 13.2. The van der Waals surface area contributed by atoms with Crippen LogP contribution < -0.4 is 11.1 Å². The molecule has 0 aliphatic carbocycles. The summed E-state index contributed by atoms with van der Waals surface area (Å²) in [6.07, 6.45) is 3.08. The van der Waals surface area contributed by atoms with E-state index in [-0.39, 0.29) is 23.3 Å². The summed E-state index contributed by atoms with van der Waals surface area (Å²) in [4.78, 5) is 38.8. The van der Waals surface area contributed by atoms with Gasteiger partial charge in [0, 0.05) is 32.5 Å². The van der Waals surface area contributed by atoms with E-state index in [2.05, 4.69) is 43.2 Å². The van der Waals surface area contributed by atoms with Gasteiger partial charge in [-0.15, -0.1) is 11.3 Å². The fraction of sp³-hybridized carbons (Fsp3) is 0.538. The van der Waals surface area contributed by atoms with Crippen LogP contribution in [0.4, 0.5) is 0 Å². The van der Waals surface area contributed by atoms with Crippen LogP contribution in [-0.2, 0) is 20.9 Å². The number of carbonyl (C=O) groups excluding carboxylic acids is 3. The van der Waals surface area contributed by atoms with E-state index in [1.54, 1.807) is 16.2 Å². The molecule has 1 aromatic carbocycles. The molecule has 1 fully saturated rings. The summed E-state index contributed by atoms with van der Waals surface area (Å²) in [7, 11) is 0. The number of aryl methyl sites for hydroxylation is 1. The number of aliphatic hydroxyl groups excluding tert-OH is 1. The molecule has 1 aliphatic heterocycles. The topological polar surface area (TPSA) is 126 Å². The Hall–Kier alpha value is -2.78. The highest BCUT2D eigenvalue weighted by atomic mass is 32.1. The molecule has 1 saturated heterocycles. The van der Waals surface area contributed by atoms with E-state index in [1.165, 1.54) is 10.4 Å². The number of hydrogen-bond donors (Lipinski definition) is 3. The number of hydrogen-bond acceptors (Lipinski definition) is 6. The maximum absolute atomic E-state index is 11.6. The predicted molar refractivity (Wildman–Crippen MR) is 141 cm³/mol. The van der Waals surface area contributed by atoms with Crippen molar-refractivity contribution in [2.24, 2.45) is 11.1 Å². The first kappa shape index (κ1) is 30.3. The Morgan fingerprint density at radius 3 is 2.34 bits per heavy atom. The van der Waals surface area contributed by atoms with Crippen molar-refractivity contribution in [2.75, 3.05) is 13.1 Å². The molecule has 2 heterocycles. The standard InChI is InChI=1S/C12H12N2OS.C10H19NO2.C4H9NO/c1-9-12(16-8-14-9)11-4-2-10(3-5-11)6-13-7-15;1-10(2,3)6-9(13)11-5-4-8(12)7-11;1-2-3-4(5)6/h2-5,7-8H,6H2,1H3,(H,13,15);8,12H,4-7H2,1-3H3;2-3H2,1H3,(H2,5,6). The van der Waals surface area contributed by atoms with Gasteiger partial charge in [-0.25, -0.2) is 4.98 Å². The molecule has 0 spiro atoms. The van der Waals surface area contributed by atoms with E-state index in [1.807, 2.05) is 31.5 Å². The molecule has 4 N–H and O–H groups in total. The van der Waals surface area contributed by atoms with Crippen LogP contribution in [0.5, 0.6) is 0 Å². The lowest BCUT2D eigenvalue weighted by Crippen LogP contribution is -2.32. The Bertz CT molecular complexity index is 922. The number of carbonyl (C=O) groups is 3. The van der Waals surface area contributed by atoms with Crippen LogP contribution in [0, 0.1) is 12.3 Å². The predicted octanol–water partition coefficient (Wildman–Crippen LogP) is 3.65. The Morgan fingerprint density at radius 2 is 1.94 bits per heavy atom. The molecule has 1 atom stereocenters. The number of nitrogens with one attached hydrogen (secondary N) is 1. The van der Waals surface area contributed by atoms with Gasteiger partial charge in [0.2, 0.25) is 18.2 Å². The number of nitrogens with two attached hydrogens (primary N) is 1. The SMILES string of the molecule is CC(C)(C)CC(=O)N1CCC(O)C1.CCCC(N)=O.Cc1ncsc1-c1ccc(CNC=O)cc1. The van der Waals surface area contributed by atoms with Crippen LogP contribution in [0.3, 0.4) is 0 Å². The molecule has 2 aromatic rings. The van der Waals surface area contributed by atoms with E-state index in [0.29, 0.717) is 32.3 Å². The summed E-state index contributed by atoms with van der Waals surface area (Å²) < 4.78 is 0. The van der Waals surface area contributed by atoms with Crippen molar-refractivity contribution < 1.29 is 19.5 Å². The van der Waals surface area contributed by atoms with Gasteiger partial charge in [-0.05, 0) is 36.3 Å². The molecule has 3 amide bonds. The molecule has 0 radical (unpaired) electrons. The average molecular weight is 505 g/mol. The number of thiazole rings is 1.